The van der Waals surface area contributed by atoms with E-state index in [1.165, 1.54) is 28.6 Å². The predicted molar refractivity (Wildman–Crippen MR) is 151 cm³/mol. The Morgan fingerprint density at radius 1 is 0.921 bits per heavy atom. The molecular weight excluding hydrogens is 522 g/mol. The van der Waals surface area contributed by atoms with Crippen LogP contribution in [0.4, 0.5) is 11.4 Å². The zero-order chi connectivity index (χ0) is 27.5. The fourth-order valence-electron chi connectivity index (χ4n) is 4.37. The summed E-state index contributed by atoms with van der Waals surface area (Å²) < 4.78 is 27.5. The molecule has 7 nitrogen and oxygen atoms in total. The van der Waals surface area contributed by atoms with Crippen molar-refractivity contribution in [3.63, 3.8) is 0 Å². The topological polar surface area (TPSA) is 95.6 Å². The number of nitrogens with one attached hydrogen (secondary N) is 2. The first-order chi connectivity index (χ1) is 17.9. The maximum absolute atomic E-state index is 13.1. The predicted octanol–water partition coefficient (Wildman–Crippen LogP) is 5.93. The molecule has 9 heteroatoms. The van der Waals surface area contributed by atoms with Crippen LogP contribution in [0.3, 0.4) is 0 Å². The highest BCUT2D eigenvalue weighted by Gasteiger charge is 2.33. The molecule has 4 rings (SSSR count). The summed E-state index contributed by atoms with van der Waals surface area (Å²) in [5.74, 6) is -1.00. The van der Waals surface area contributed by atoms with Gasteiger partial charge in [-0.25, -0.2) is 8.42 Å². The van der Waals surface area contributed by atoms with Crippen LogP contribution < -0.4 is 10.6 Å². The summed E-state index contributed by atoms with van der Waals surface area (Å²) in [7, 11) is -3.73. The van der Waals surface area contributed by atoms with Crippen LogP contribution in [0, 0.1) is 5.92 Å². The SMILES string of the molecule is CC(C)(C)c1ccc(C(=O)Nc2cccc(NC(=O)[C@@H]3CCCN(S(=O)(=O)c4ccc(Cl)cc4)C3)c2)cc1. The maximum atomic E-state index is 13.1. The van der Waals surface area contributed by atoms with E-state index in [0.29, 0.717) is 41.3 Å². The molecule has 0 radical (unpaired) electrons. The molecule has 200 valence electrons. The van der Waals surface area contributed by atoms with Crippen LogP contribution in [0.25, 0.3) is 0 Å². The maximum Gasteiger partial charge on any atom is 0.255 e. The Kier molecular flexibility index (Phi) is 8.25. The Morgan fingerprint density at radius 2 is 1.55 bits per heavy atom. The number of benzene rings is 3. The lowest BCUT2D eigenvalue weighted by atomic mass is 9.87. The third-order valence-electron chi connectivity index (χ3n) is 6.61. The van der Waals surface area contributed by atoms with Gasteiger partial charge in [0, 0.05) is 35.1 Å². The molecule has 1 atom stereocenters. The van der Waals surface area contributed by atoms with Gasteiger partial charge in [-0.1, -0.05) is 50.6 Å². The molecular formula is C29H32ClN3O4S. The van der Waals surface area contributed by atoms with Gasteiger partial charge in [0.15, 0.2) is 0 Å². The van der Waals surface area contributed by atoms with Gasteiger partial charge in [0.1, 0.15) is 0 Å². The van der Waals surface area contributed by atoms with Gasteiger partial charge < -0.3 is 10.6 Å². The molecule has 1 saturated heterocycles. The van der Waals surface area contributed by atoms with E-state index in [1.54, 1.807) is 36.4 Å². The van der Waals surface area contributed by atoms with Crippen molar-refractivity contribution >= 4 is 44.8 Å². The van der Waals surface area contributed by atoms with E-state index in [9.17, 15) is 18.0 Å². The molecule has 1 aliphatic heterocycles. The van der Waals surface area contributed by atoms with Crippen molar-refractivity contribution in [2.75, 3.05) is 23.7 Å². The molecule has 1 heterocycles. The fourth-order valence-corrected chi connectivity index (χ4v) is 6.02. The first kappa shape index (κ1) is 27.8. The number of carbonyl (C=O) groups is 2. The standard InChI is InChI=1S/C29H32ClN3O4S/c1-29(2,3)22-11-9-20(10-12-22)27(34)31-24-7-4-8-25(18-24)32-28(35)21-6-5-17-33(19-21)38(36,37)26-15-13-23(30)14-16-26/h4,7-16,18,21H,5-6,17,19H2,1-3H3,(H,31,34)(H,32,35)/t21-/m1/s1. The van der Waals surface area contributed by atoms with Crippen LogP contribution in [-0.2, 0) is 20.2 Å². The van der Waals surface area contributed by atoms with Gasteiger partial charge in [-0.2, -0.15) is 4.31 Å². The van der Waals surface area contributed by atoms with Crippen LogP contribution >= 0.6 is 11.6 Å². The molecule has 3 aromatic carbocycles. The monoisotopic (exact) mass is 553 g/mol. The van der Waals surface area contributed by atoms with Crippen LogP contribution in [0.15, 0.2) is 77.7 Å². The molecule has 2 amide bonds. The van der Waals surface area contributed by atoms with Gasteiger partial charge in [0.25, 0.3) is 5.91 Å². The molecule has 2 N–H and O–H groups in total. The molecule has 0 bridgehead atoms. The van der Waals surface area contributed by atoms with Gasteiger partial charge in [0.2, 0.25) is 15.9 Å². The number of hydrogen-bond donors (Lipinski definition) is 2. The first-order valence-electron chi connectivity index (χ1n) is 12.5. The smallest absolute Gasteiger partial charge is 0.255 e. The van der Waals surface area contributed by atoms with Gasteiger partial charge in [0.05, 0.1) is 10.8 Å². The van der Waals surface area contributed by atoms with Crippen molar-refractivity contribution in [2.24, 2.45) is 5.92 Å². The average molecular weight is 554 g/mol. The van der Waals surface area contributed by atoms with Crippen molar-refractivity contribution in [3.8, 4) is 0 Å². The van der Waals surface area contributed by atoms with Crippen LogP contribution in [0.2, 0.25) is 5.02 Å². The number of rotatable bonds is 6. The quantitative estimate of drug-likeness (QED) is 0.395. The van der Waals surface area contributed by atoms with E-state index < -0.39 is 15.9 Å². The Hall–Kier alpha value is -3.20. The number of amides is 2. The first-order valence-corrected chi connectivity index (χ1v) is 14.3. The molecule has 0 aromatic heterocycles. The average Bonchev–Trinajstić information content (AvgIpc) is 2.89. The summed E-state index contributed by atoms with van der Waals surface area (Å²) in [5, 5.41) is 6.21. The minimum absolute atomic E-state index is 0.00303. The molecule has 0 unspecified atom stereocenters. The number of carbonyl (C=O) groups excluding carboxylic acids is 2. The van der Waals surface area contributed by atoms with E-state index in [4.69, 9.17) is 11.6 Å². The zero-order valence-electron chi connectivity index (χ0n) is 21.7. The van der Waals surface area contributed by atoms with E-state index in [0.717, 1.165) is 5.56 Å². The number of anilines is 2. The minimum atomic E-state index is -3.73. The number of piperidine rings is 1. The van der Waals surface area contributed by atoms with Gasteiger partial charge in [-0.3, -0.25) is 9.59 Å². The van der Waals surface area contributed by atoms with Crippen molar-refractivity contribution in [1.29, 1.82) is 0 Å². The van der Waals surface area contributed by atoms with E-state index in [1.807, 2.05) is 12.1 Å². The van der Waals surface area contributed by atoms with Crippen molar-refractivity contribution in [3.05, 3.63) is 88.9 Å². The lowest BCUT2D eigenvalue weighted by Crippen LogP contribution is -2.43. The second-order valence-electron chi connectivity index (χ2n) is 10.5. The van der Waals surface area contributed by atoms with E-state index in [2.05, 4.69) is 31.4 Å². The summed E-state index contributed by atoms with van der Waals surface area (Å²) in [6.45, 7) is 6.80. The normalized spacial score (nSPS) is 16.6. The number of hydrogen-bond acceptors (Lipinski definition) is 4. The number of nitrogens with zero attached hydrogens (tertiary/aromatic N) is 1. The highest BCUT2D eigenvalue weighted by Crippen LogP contribution is 2.27. The molecule has 3 aromatic rings. The number of halogens is 1. The second kappa shape index (κ2) is 11.3. The minimum Gasteiger partial charge on any atom is -0.326 e. The highest BCUT2D eigenvalue weighted by atomic mass is 35.5. The van der Waals surface area contributed by atoms with Crippen molar-refractivity contribution in [2.45, 2.75) is 43.9 Å². The summed E-state index contributed by atoms with van der Waals surface area (Å²) in [4.78, 5) is 26.0. The lowest BCUT2D eigenvalue weighted by molar-refractivity contribution is -0.120. The lowest BCUT2D eigenvalue weighted by Gasteiger charge is -2.31. The van der Waals surface area contributed by atoms with Crippen LogP contribution in [0.1, 0.15) is 49.5 Å². The summed E-state index contributed by atoms with van der Waals surface area (Å²) in [6.07, 6.45) is 1.16. The molecule has 1 aliphatic rings. The summed E-state index contributed by atoms with van der Waals surface area (Å²) in [6, 6.07) is 20.4. The largest absolute Gasteiger partial charge is 0.326 e. The fraction of sp³-hybridized carbons (Fsp3) is 0.310. The molecule has 38 heavy (non-hydrogen) atoms. The Morgan fingerprint density at radius 3 is 2.18 bits per heavy atom. The van der Waals surface area contributed by atoms with Crippen molar-refractivity contribution < 1.29 is 18.0 Å². The second-order valence-corrected chi connectivity index (χ2v) is 12.9. The van der Waals surface area contributed by atoms with Crippen LogP contribution in [-0.4, -0.2) is 37.6 Å². The van der Waals surface area contributed by atoms with E-state index in [-0.39, 0.29) is 28.7 Å². The van der Waals surface area contributed by atoms with Gasteiger partial charge in [-0.15, -0.1) is 0 Å². The van der Waals surface area contributed by atoms with Gasteiger partial charge >= 0.3 is 0 Å². The summed E-state index contributed by atoms with van der Waals surface area (Å²) in [5.41, 5.74) is 2.74. The van der Waals surface area contributed by atoms with Crippen LogP contribution in [0.5, 0.6) is 0 Å². The summed E-state index contributed by atoms with van der Waals surface area (Å²) >= 11 is 5.90. The molecule has 0 spiro atoms. The Balaban J connectivity index is 1.39. The van der Waals surface area contributed by atoms with Gasteiger partial charge in [-0.05, 0) is 78.4 Å². The van der Waals surface area contributed by atoms with Crippen molar-refractivity contribution in [1.82, 2.24) is 4.31 Å². The number of sulfonamides is 1. The molecule has 0 saturated carbocycles. The zero-order valence-corrected chi connectivity index (χ0v) is 23.3. The third-order valence-corrected chi connectivity index (χ3v) is 8.74. The van der Waals surface area contributed by atoms with E-state index >= 15 is 0 Å². The molecule has 1 fully saturated rings. The highest BCUT2D eigenvalue weighted by molar-refractivity contribution is 7.89. The Labute approximate surface area is 229 Å². The third kappa shape index (κ3) is 6.62. The molecule has 0 aliphatic carbocycles. The Bertz CT molecular complexity index is 1420.